The van der Waals surface area contributed by atoms with E-state index in [0.717, 1.165) is 0 Å². The standard InChI is InChI=1S/C10H15BO5/c1-2-6-7(5-8(11)15-6)16-10(14)4-3-9(12)13/h6-8H,2-5H2,1H3,(H,12,13). The van der Waals surface area contributed by atoms with Crippen LogP contribution < -0.4 is 0 Å². The molecule has 1 rings (SSSR count). The van der Waals surface area contributed by atoms with E-state index in [4.69, 9.17) is 22.4 Å². The van der Waals surface area contributed by atoms with Crippen molar-refractivity contribution in [3.63, 3.8) is 0 Å². The third kappa shape index (κ3) is 3.85. The number of hydrogen-bond acceptors (Lipinski definition) is 4. The van der Waals surface area contributed by atoms with E-state index in [0.29, 0.717) is 12.8 Å². The zero-order chi connectivity index (χ0) is 12.1. The Labute approximate surface area is 95.5 Å². The summed E-state index contributed by atoms with van der Waals surface area (Å²) < 4.78 is 10.5. The molecule has 88 valence electrons. The first-order valence-corrected chi connectivity index (χ1v) is 5.35. The number of rotatable bonds is 5. The molecule has 1 heterocycles. The van der Waals surface area contributed by atoms with Crippen molar-refractivity contribution in [3.05, 3.63) is 0 Å². The molecule has 0 aromatic rings. The number of ether oxygens (including phenoxy) is 2. The van der Waals surface area contributed by atoms with Gasteiger partial charge in [0.25, 0.3) is 0 Å². The smallest absolute Gasteiger partial charge is 0.306 e. The van der Waals surface area contributed by atoms with E-state index in [9.17, 15) is 9.59 Å². The van der Waals surface area contributed by atoms with Gasteiger partial charge in [-0.2, -0.15) is 0 Å². The van der Waals surface area contributed by atoms with E-state index in [1.54, 1.807) is 0 Å². The molecule has 1 aliphatic heterocycles. The van der Waals surface area contributed by atoms with Crippen LogP contribution in [0.1, 0.15) is 32.6 Å². The molecule has 0 amide bonds. The summed E-state index contributed by atoms with van der Waals surface area (Å²) in [6.07, 6.45) is 0.333. The normalized spacial score (nSPS) is 28.9. The van der Waals surface area contributed by atoms with Gasteiger partial charge in [0.2, 0.25) is 0 Å². The second kappa shape index (κ2) is 5.89. The van der Waals surface area contributed by atoms with Crippen molar-refractivity contribution in [3.8, 4) is 0 Å². The van der Waals surface area contributed by atoms with Crippen LogP contribution >= 0.6 is 0 Å². The second-order valence-corrected chi connectivity index (χ2v) is 3.78. The van der Waals surface area contributed by atoms with Gasteiger partial charge in [-0.1, -0.05) is 6.92 Å². The highest BCUT2D eigenvalue weighted by Crippen LogP contribution is 2.24. The minimum atomic E-state index is -1.01. The van der Waals surface area contributed by atoms with Gasteiger partial charge in [-0.15, -0.1) is 0 Å². The zero-order valence-electron chi connectivity index (χ0n) is 9.22. The van der Waals surface area contributed by atoms with Gasteiger partial charge in [-0.25, -0.2) is 0 Å². The lowest BCUT2D eigenvalue weighted by molar-refractivity contribution is -0.154. The number of carboxylic acids is 1. The first-order chi connectivity index (χ1) is 7.52. The molecule has 1 N–H and O–H groups in total. The zero-order valence-corrected chi connectivity index (χ0v) is 9.22. The van der Waals surface area contributed by atoms with Crippen molar-refractivity contribution in [1.29, 1.82) is 0 Å². The van der Waals surface area contributed by atoms with Gasteiger partial charge in [-0.05, 0) is 6.42 Å². The maximum absolute atomic E-state index is 11.3. The van der Waals surface area contributed by atoms with Crippen molar-refractivity contribution in [1.82, 2.24) is 0 Å². The molecule has 5 nitrogen and oxygen atoms in total. The van der Waals surface area contributed by atoms with E-state index in [2.05, 4.69) is 0 Å². The Morgan fingerprint density at radius 2 is 2.19 bits per heavy atom. The molecule has 1 saturated heterocycles. The molecule has 0 spiro atoms. The molecule has 0 bridgehead atoms. The highest BCUT2D eigenvalue weighted by molar-refractivity contribution is 6.11. The summed E-state index contributed by atoms with van der Waals surface area (Å²) in [5.74, 6) is -1.52. The Balaban J connectivity index is 2.35. The summed E-state index contributed by atoms with van der Waals surface area (Å²) in [5.41, 5.74) is 0. The van der Waals surface area contributed by atoms with E-state index in [1.807, 2.05) is 6.92 Å². The molecule has 6 heteroatoms. The largest absolute Gasteiger partial charge is 0.481 e. The molecule has 2 radical (unpaired) electrons. The van der Waals surface area contributed by atoms with Crippen LogP contribution in [0, 0.1) is 0 Å². The number of carbonyl (C=O) groups excluding carboxylic acids is 1. The summed E-state index contributed by atoms with van der Waals surface area (Å²) in [4.78, 5) is 21.6. The molecule has 1 aliphatic rings. The van der Waals surface area contributed by atoms with Crippen LogP contribution in [0.4, 0.5) is 0 Å². The molecule has 0 aromatic carbocycles. The van der Waals surface area contributed by atoms with Gasteiger partial charge < -0.3 is 14.6 Å². The van der Waals surface area contributed by atoms with Crippen molar-refractivity contribution in [2.75, 3.05) is 0 Å². The molecule has 0 saturated carbocycles. The first-order valence-electron chi connectivity index (χ1n) is 5.35. The minimum absolute atomic E-state index is 0.114. The van der Waals surface area contributed by atoms with E-state index in [-0.39, 0.29) is 25.0 Å². The van der Waals surface area contributed by atoms with Gasteiger partial charge in [0.1, 0.15) is 14.0 Å². The summed E-state index contributed by atoms with van der Waals surface area (Å²) >= 11 is 0. The Hall–Kier alpha value is -1.04. The predicted molar refractivity (Wildman–Crippen MR) is 56.1 cm³/mol. The topological polar surface area (TPSA) is 72.8 Å². The van der Waals surface area contributed by atoms with E-state index < -0.39 is 17.9 Å². The predicted octanol–water partition coefficient (Wildman–Crippen LogP) is 0.457. The number of aliphatic carboxylic acids is 1. The molecule has 1 fully saturated rings. The Morgan fingerprint density at radius 1 is 1.50 bits per heavy atom. The van der Waals surface area contributed by atoms with Gasteiger partial charge in [0, 0.05) is 12.4 Å². The first kappa shape index (κ1) is 13.0. The highest BCUT2D eigenvalue weighted by atomic mass is 16.6. The molecule has 0 aliphatic carbocycles. The maximum atomic E-state index is 11.3. The fraction of sp³-hybridized carbons (Fsp3) is 0.800. The Kier molecular flexibility index (Phi) is 4.80. The van der Waals surface area contributed by atoms with Gasteiger partial charge in [0.05, 0.1) is 18.9 Å². The van der Waals surface area contributed by atoms with Crippen LogP contribution in [0.25, 0.3) is 0 Å². The molecule has 16 heavy (non-hydrogen) atoms. The molecule has 3 unspecified atom stereocenters. The van der Waals surface area contributed by atoms with Crippen LogP contribution in [0.2, 0.25) is 0 Å². The summed E-state index contributed by atoms with van der Waals surface area (Å²) in [7, 11) is 5.58. The molecule has 0 aromatic heterocycles. The fourth-order valence-electron chi connectivity index (χ4n) is 1.67. The number of carboxylic acid groups (broad SMARTS) is 1. The molecule has 3 atom stereocenters. The van der Waals surface area contributed by atoms with Gasteiger partial charge >= 0.3 is 11.9 Å². The van der Waals surface area contributed by atoms with Gasteiger partial charge in [0.15, 0.2) is 0 Å². The minimum Gasteiger partial charge on any atom is -0.481 e. The van der Waals surface area contributed by atoms with Gasteiger partial charge in [-0.3, -0.25) is 9.59 Å². The number of hydrogen-bond donors (Lipinski definition) is 1. The lowest BCUT2D eigenvalue weighted by Gasteiger charge is -2.17. The average Bonchev–Trinajstić information content (AvgIpc) is 2.55. The lowest BCUT2D eigenvalue weighted by Crippen LogP contribution is -2.26. The summed E-state index contributed by atoms with van der Waals surface area (Å²) in [6, 6.07) is -0.401. The van der Waals surface area contributed by atoms with Crippen LogP contribution in [0.5, 0.6) is 0 Å². The average molecular weight is 226 g/mol. The molecular weight excluding hydrogens is 211 g/mol. The third-order valence-electron chi connectivity index (χ3n) is 2.46. The lowest BCUT2D eigenvalue weighted by atomic mass is 9.96. The van der Waals surface area contributed by atoms with Crippen LogP contribution in [-0.2, 0) is 19.1 Å². The molecular formula is C10H15BO5. The Bertz CT molecular complexity index is 268. The van der Waals surface area contributed by atoms with Crippen molar-refractivity contribution < 1.29 is 24.2 Å². The Morgan fingerprint density at radius 3 is 2.75 bits per heavy atom. The fourth-order valence-corrected chi connectivity index (χ4v) is 1.67. The van der Waals surface area contributed by atoms with Crippen LogP contribution in [-0.4, -0.2) is 43.1 Å². The monoisotopic (exact) mass is 226 g/mol. The summed E-state index contributed by atoms with van der Waals surface area (Å²) in [5, 5.41) is 8.41. The number of esters is 1. The van der Waals surface area contributed by atoms with Crippen LogP contribution in [0.15, 0.2) is 0 Å². The van der Waals surface area contributed by atoms with Crippen LogP contribution in [0.3, 0.4) is 0 Å². The van der Waals surface area contributed by atoms with Crippen molar-refractivity contribution in [2.45, 2.75) is 50.8 Å². The second-order valence-electron chi connectivity index (χ2n) is 3.78. The quantitative estimate of drug-likeness (QED) is 0.544. The van der Waals surface area contributed by atoms with Crippen molar-refractivity contribution in [2.24, 2.45) is 0 Å². The highest BCUT2D eigenvalue weighted by Gasteiger charge is 2.34. The van der Waals surface area contributed by atoms with E-state index >= 15 is 0 Å². The van der Waals surface area contributed by atoms with E-state index in [1.165, 1.54) is 0 Å². The van der Waals surface area contributed by atoms with Crippen molar-refractivity contribution >= 4 is 19.8 Å². The SMILES string of the molecule is [B]C1CC(OC(=O)CCC(=O)O)C(CC)O1. The summed E-state index contributed by atoms with van der Waals surface area (Å²) in [6.45, 7) is 1.92. The maximum Gasteiger partial charge on any atom is 0.306 e. The number of carbonyl (C=O) groups is 2. The third-order valence-corrected chi connectivity index (χ3v) is 2.46.